The van der Waals surface area contributed by atoms with E-state index in [1.54, 1.807) is 17.4 Å². The van der Waals surface area contributed by atoms with Gasteiger partial charge in [0.05, 0.1) is 0 Å². The Morgan fingerprint density at radius 1 is 1.28 bits per heavy atom. The first-order chi connectivity index (χ1) is 8.47. The summed E-state index contributed by atoms with van der Waals surface area (Å²) in [7, 11) is 0. The molecule has 0 saturated carbocycles. The van der Waals surface area contributed by atoms with E-state index in [0.717, 1.165) is 0 Å². The molecule has 18 heavy (non-hydrogen) atoms. The quantitative estimate of drug-likeness (QED) is 0.807. The number of rotatable bonds is 3. The van der Waals surface area contributed by atoms with E-state index >= 15 is 0 Å². The van der Waals surface area contributed by atoms with Crippen molar-refractivity contribution < 1.29 is 9.50 Å². The predicted octanol–water partition coefficient (Wildman–Crippen LogP) is 4.38. The van der Waals surface area contributed by atoms with Crippen molar-refractivity contribution in [2.24, 2.45) is 0 Å². The van der Waals surface area contributed by atoms with Gasteiger partial charge in [0.15, 0.2) is 11.6 Å². The van der Waals surface area contributed by atoms with E-state index in [1.165, 1.54) is 27.5 Å². The highest BCUT2D eigenvalue weighted by molar-refractivity contribution is 7.12. The van der Waals surface area contributed by atoms with Crippen molar-refractivity contribution in [2.45, 2.75) is 26.8 Å². The number of hydrogen-bond acceptors (Lipinski definition) is 3. The standard InChI is InChI=1S/C14H16FNOS/c1-8-6-12(10(3)18-8)9(2)16-11-4-5-14(17)13(15)7-11/h4-7,9,16-17H,1-3H3. The molecule has 4 heteroatoms. The molecule has 0 fully saturated rings. The van der Waals surface area contributed by atoms with Crippen LogP contribution >= 0.6 is 11.3 Å². The molecule has 0 aliphatic rings. The lowest BCUT2D eigenvalue weighted by molar-refractivity contribution is 0.432. The van der Waals surface area contributed by atoms with Gasteiger partial charge in [-0.25, -0.2) is 4.39 Å². The second-order valence-electron chi connectivity index (χ2n) is 4.40. The third-order valence-electron chi connectivity index (χ3n) is 2.88. The molecule has 0 aliphatic carbocycles. The minimum absolute atomic E-state index is 0.110. The number of phenolic OH excluding ortho intramolecular Hbond substituents is 1. The Morgan fingerprint density at radius 3 is 2.56 bits per heavy atom. The SMILES string of the molecule is Cc1cc(C(C)Nc2ccc(O)c(F)c2)c(C)s1. The fraction of sp³-hybridized carbons (Fsp3) is 0.286. The molecule has 2 rings (SSSR count). The maximum atomic E-state index is 13.2. The lowest BCUT2D eigenvalue weighted by Gasteiger charge is -2.15. The third kappa shape index (κ3) is 2.64. The number of phenols is 1. The van der Waals surface area contributed by atoms with Crippen molar-refractivity contribution in [1.29, 1.82) is 0 Å². The number of nitrogens with one attached hydrogen (secondary N) is 1. The zero-order chi connectivity index (χ0) is 13.3. The summed E-state index contributed by atoms with van der Waals surface area (Å²) in [5.41, 5.74) is 1.90. The second-order valence-corrected chi connectivity index (χ2v) is 5.86. The molecule has 0 saturated heterocycles. The normalized spacial score (nSPS) is 12.4. The van der Waals surface area contributed by atoms with Gasteiger partial charge in [0, 0.05) is 27.5 Å². The Morgan fingerprint density at radius 2 is 2.00 bits per heavy atom. The van der Waals surface area contributed by atoms with Gasteiger partial charge in [-0.2, -0.15) is 0 Å². The largest absolute Gasteiger partial charge is 0.505 e. The molecule has 1 unspecified atom stereocenters. The lowest BCUT2D eigenvalue weighted by Crippen LogP contribution is -2.06. The van der Waals surface area contributed by atoms with Crippen LogP contribution in [0.1, 0.15) is 28.3 Å². The summed E-state index contributed by atoms with van der Waals surface area (Å²) in [5, 5.41) is 12.4. The van der Waals surface area contributed by atoms with Crippen molar-refractivity contribution in [3.05, 3.63) is 45.4 Å². The maximum Gasteiger partial charge on any atom is 0.166 e. The zero-order valence-electron chi connectivity index (χ0n) is 10.6. The average Bonchev–Trinajstić information content (AvgIpc) is 2.63. The van der Waals surface area contributed by atoms with Gasteiger partial charge in [-0.15, -0.1) is 11.3 Å². The van der Waals surface area contributed by atoms with Crippen LogP contribution in [-0.4, -0.2) is 5.11 Å². The van der Waals surface area contributed by atoms with Crippen molar-refractivity contribution in [3.8, 4) is 5.75 Å². The summed E-state index contributed by atoms with van der Waals surface area (Å²) < 4.78 is 13.2. The van der Waals surface area contributed by atoms with Crippen LogP contribution in [0, 0.1) is 19.7 Å². The fourth-order valence-electron chi connectivity index (χ4n) is 2.00. The molecule has 0 aliphatic heterocycles. The number of aromatic hydroxyl groups is 1. The Labute approximate surface area is 110 Å². The lowest BCUT2D eigenvalue weighted by atomic mass is 10.1. The van der Waals surface area contributed by atoms with Crippen LogP contribution in [-0.2, 0) is 0 Å². The first-order valence-corrected chi connectivity index (χ1v) is 6.61. The second kappa shape index (κ2) is 4.98. The Bertz CT molecular complexity index is 565. The summed E-state index contributed by atoms with van der Waals surface area (Å²) in [6, 6.07) is 6.59. The van der Waals surface area contributed by atoms with E-state index in [2.05, 4.69) is 25.2 Å². The van der Waals surface area contributed by atoms with Crippen LogP contribution in [0.5, 0.6) is 5.75 Å². The Hall–Kier alpha value is -1.55. The number of hydrogen-bond donors (Lipinski definition) is 2. The van der Waals surface area contributed by atoms with E-state index in [9.17, 15) is 4.39 Å². The van der Waals surface area contributed by atoms with Crippen LogP contribution in [0.2, 0.25) is 0 Å². The van der Waals surface area contributed by atoms with E-state index in [1.807, 2.05) is 6.92 Å². The fourth-order valence-corrected chi connectivity index (χ4v) is 3.03. The molecule has 96 valence electrons. The highest BCUT2D eigenvalue weighted by Crippen LogP contribution is 2.29. The predicted molar refractivity (Wildman–Crippen MR) is 73.9 cm³/mol. The molecular weight excluding hydrogens is 249 g/mol. The monoisotopic (exact) mass is 265 g/mol. The minimum atomic E-state index is -0.606. The summed E-state index contributed by atoms with van der Waals surface area (Å²) in [6.45, 7) is 6.20. The van der Waals surface area contributed by atoms with Gasteiger partial charge < -0.3 is 10.4 Å². The number of thiophene rings is 1. The summed E-state index contributed by atoms with van der Waals surface area (Å²) in [5.74, 6) is -0.929. The van der Waals surface area contributed by atoms with E-state index in [-0.39, 0.29) is 11.8 Å². The molecule has 1 aromatic carbocycles. The van der Waals surface area contributed by atoms with Gasteiger partial charge >= 0.3 is 0 Å². The number of anilines is 1. The number of halogens is 1. The maximum absolute atomic E-state index is 13.2. The van der Waals surface area contributed by atoms with Gasteiger partial charge in [0.2, 0.25) is 0 Å². The van der Waals surface area contributed by atoms with Gasteiger partial charge in [-0.1, -0.05) is 0 Å². The van der Waals surface area contributed by atoms with Crippen LogP contribution in [0.15, 0.2) is 24.3 Å². The van der Waals surface area contributed by atoms with Gasteiger partial charge in [-0.05, 0) is 44.5 Å². The highest BCUT2D eigenvalue weighted by atomic mass is 32.1. The first-order valence-electron chi connectivity index (χ1n) is 5.79. The van der Waals surface area contributed by atoms with Crippen molar-refractivity contribution in [3.63, 3.8) is 0 Å². The van der Waals surface area contributed by atoms with E-state index in [0.29, 0.717) is 5.69 Å². The molecular formula is C14H16FNOS. The molecule has 0 bridgehead atoms. The van der Waals surface area contributed by atoms with E-state index in [4.69, 9.17) is 5.11 Å². The van der Waals surface area contributed by atoms with Gasteiger partial charge in [-0.3, -0.25) is 0 Å². The molecule has 2 aromatic rings. The number of aryl methyl sites for hydroxylation is 2. The summed E-state index contributed by atoms with van der Waals surface area (Å²) in [6.07, 6.45) is 0. The third-order valence-corrected chi connectivity index (χ3v) is 3.86. The molecule has 0 radical (unpaired) electrons. The van der Waals surface area contributed by atoms with Gasteiger partial charge in [0.1, 0.15) is 0 Å². The minimum Gasteiger partial charge on any atom is -0.505 e. The first kappa shape index (κ1) is 12.9. The highest BCUT2D eigenvalue weighted by Gasteiger charge is 2.11. The summed E-state index contributed by atoms with van der Waals surface area (Å²) >= 11 is 1.76. The Balaban J connectivity index is 2.18. The molecule has 2 N–H and O–H groups in total. The van der Waals surface area contributed by atoms with Crippen molar-refractivity contribution in [1.82, 2.24) is 0 Å². The van der Waals surface area contributed by atoms with Crippen LogP contribution in [0.25, 0.3) is 0 Å². The van der Waals surface area contributed by atoms with Crippen molar-refractivity contribution >= 4 is 17.0 Å². The molecule has 1 heterocycles. The topological polar surface area (TPSA) is 32.3 Å². The molecule has 1 aromatic heterocycles. The molecule has 0 amide bonds. The molecule has 0 spiro atoms. The zero-order valence-corrected chi connectivity index (χ0v) is 11.4. The number of benzene rings is 1. The summed E-state index contributed by atoms with van der Waals surface area (Å²) in [4.78, 5) is 2.54. The smallest absolute Gasteiger partial charge is 0.166 e. The van der Waals surface area contributed by atoms with Crippen LogP contribution in [0.4, 0.5) is 10.1 Å². The van der Waals surface area contributed by atoms with Gasteiger partial charge in [0.25, 0.3) is 0 Å². The molecule has 1 atom stereocenters. The molecule has 2 nitrogen and oxygen atoms in total. The van der Waals surface area contributed by atoms with Crippen LogP contribution in [0.3, 0.4) is 0 Å². The van der Waals surface area contributed by atoms with Crippen molar-refractivity contribution in [2.75, 3.05) is 5.32 Å². The average molecular weight is 265 g/mol. The van der Waals surface area contributed by atoms with Crippen LogP contribution < -0.4 is 5.32 Å². The Kier molecular flexibility index (Phi) is 3.57. The van der Waals surface area contributed by atoms with E-state index < -0.39 is 5.82 Å².